The average Bonchev–Trinajstić information content (AvgIpc) is 3.39. The van der Waals surface area contributed by atoms with Crippen LogP contribution in [0, 0.1) is 6.92 Å². The van der Waals surface area contributed by atoms with Crippen LogP contribution in [0.2, 0.25) is 0 Å². The molecule has 0 saturated carbocycles. The molecule has 1 aliphatic rings. The third kappa shape index (κ3) is 4.26. The monoisotopic (exact) mass is 415 g/mol. The van der Waals surface area contributed by atoms with Crippen LogP contribution >= 0.6 is 23.1 Å². The Balaban J connectivity index is 1.30. The fourth-order valence-electron chi connectivity index (χ4n) is 2.78. The molecule has 4 heterocycles. The summed E-state index contributed by atoms with van der Waals surface area (Å²) in [6.45, 7) is 2.33. The highest BCUT2D eigenvalue weighted by atomic mass is 32.2. The second-order valence-corrected chi connectivity index (χ2v) is 8.31. The molecule has 3 aromatic rings. The Bertz CT molecular complexity index is 983. The van der Waals surface area contributed by atoms with E-state index in [-0.39, 0.29) is 11.1 Å². The van der Waals surface area contributed by atoms with Crippen LogP contribution in [0.5, 0.6) is 5.88 Å². The first kappa shape index (κ1) is 18.7. The molecule has 9 heteroatoms. The number of pyridine rings is 1. The smallest absolute Gasteiger partial charge is 0.286 e. The Morgan fingerprint density at radius 2 is 2.18 bits per heavy atom. The number of carbonyl (C=O) groups excluding carboxylic acids is 2. The lowest BCUT2D eigenvalue weighted by atomic mass is 10.1. The van der Waals surface area contributed by atoms with Crippen molar-refractivity contribution >= 4 is 34.2 Å². The molecule has 1 N–H and O–H groups in total. The van der Waals surface area contributed by atoms with Crippen molar-refractivity contribution in [3.05, 3.63) is 52.9 Å². The quantitative estimate of drug-likeness (QED) is 0.630. The Labute approximate surface area is 169 Å². The zero-order valence-electron chi connectivity index (χ0n) is 15.0. The van der Waals surface area contributed by atoms with Crippen molar-refractivity contribution < 1.29 is 18.7 Å². The van der Waals surface area contributed by atoms with Crippen molar-refractivity contribution in [2.75, 3.05) is 6.61 Å². The zero-order valence-corrected chi connectivity index (χ0v) is 16.6. The standard InChI is InChI=1S/C19H17N3O4S2/c1-11-13(21-18(26-11)14-3-2-8-27-14)6-7-25-16-5-4-12(10-20-16)9-15-17(23)22-19(24)28-15/h2-5,8,10,15H,6-7,9H2,1H3,(H,22,23,24). The molecule has 28 heavy (non-hydrogen) atoms. The van der Waals surface area contributed by atoms with Gasteiger partial charge >= 0.3 is 0 Å². The van der Waals surface area contributed by atoms with Crippen LogP contribution < -0.4 is 10.1 Å². The number of amides is 2. The van der Waals surface area contributed by atoms with Crippen molar-refractivity contribution in [3.63, 3.8) is 0 Å². The minimum absolute atomic E-state index is 0.250. The Kier molecular flexibility index (Phi) is 5.45. The lowest BCUT2D eigenvalue weighted by molar-refractivity contribution is -0.118. The number of aromatic nitrogens is 2. The molecule has 1 atom stereocenters. The van der Waals surface area contributed by atoms with Gasteiger partial charge in [-0.15, -0.1) is 11.3 Å². The third-order valence-electron chi connectivity index (χ3n) is 4.20. The molecule has 0 aromatic carbocycles. The van der Waals surface area contributed by atoms with Crippen LogP contribution in [0.25, 0.3) is 10.8 Å². The van der Waals surface area contributed by atoms with Crippen molar-refractivity contribution in [2.24, 2.45) is 0 Å². The van der Waals surface area contributed by atoms with Gasteiger partial charge in [-0.25, -0.2) is 9.97 Å². The van der Waals surface area contributed by atoms with E-state index in [2.05, 4.69) is 15.3 Å². The molecule has 1 unspecified atom stereocenters. The van der Waals surface area contributed by atoms with Gasteiger partial charge in [0.2, 0.25) is 17.7 Å². The lowest BCUT2D eigenvalue weighted by Crippen LogP contribution is -2.25. The largest absolute Gasteiger partial charge is 0.477 e. The zero-order chi connectivity index (χ0) is 19.5. The van der Waals surface area contributed by atoms with Gasteiger partial charge in [0, 0.05) is 18.7 Å². The predicted octanol–water partition coefficient (Wildman–Crippen LogP) is 3.62. The summed E-state index contributed by atoms with van der Waals surface area (Å²) in [7, 11) is 0. The molecule has 0 radical (unpaired) electrons. The molecule has 144 valence electrons. The number of aryl methyl sites for hydroxylation is 1. The van der Waals surface area contributed by atoms with Gasteiger partial charge in [-0.3, -0.25) is 14.9 Å². The first-order chi connectivity index (χ1) is 13.6. The van der Waals surface area contributed by atoms with Crippen LogP contribution in [0.4, 0.5) is 4.79 Å². The molecule has 0 spiro atoms. The van der Waals surface area contributed by atoms with E-state index < -0.39 is 5.25 Å². The summed E-state index contributed by atoms with van der Waals surface area (Å²) >= 11 is 2.60. The van der Waals surface area contributed by atoms with E-state index in [4.69, 9.17) is 9.15 Å². The summed E-state index contributed by atoms with van der Waals surface area (Å²) in [6, 6.07) is 7.56. The van der Waals surface area contributed by atoms with Crippen molar-refractivity contribution in [2.45, 2.75) is 25.0 Å². The fourth-order valence-corrected chi connectivity index (χ4v) is 4.29. The van der Waals surface area contributed by atoms with Crippen molar-refractivity contribution in [3.8, 4) is 16.6 Å². The summed E-state index contributed by atoms with van der Waals surface area (Å²) in [6.07, 6.45) is 2.74. The number of ether oxygens (including phenoxy) is 1. The minimum atomic E-state index is -0.395. The molecule has 0 aliphatic carbocycles. The minimum Gasteiger partial charge on any atom is -0.477 e. The molecular weight excluding hydrogens is 398 g/mol. The van der Waals surface area contributed by atoms with Gasteiger partial charge in [-0.1, -0.05) is 23.9 Å². The molecule has 7 nitrogen and oxygen atoms in total. The highest BCUT2D eigenvalue weighted by Gasteiger charge is 2.31. The number of thiophene rings is 1. The molecular formula is C19H17N3O4S2. The van der Waals surface area contributed by atoms with E-state index in [9.17, 15) is 9.59 Å². The number of oxazole rings is 1. The summed E-state index contributed by atoms with van der Waals surface area (Å²) in [5.41, 5.74) is 1.75. The maximum atomic E-state index is 11.6. The number of nitrogens with zero attached hydrogens (tertiary/aromatic N) is 2. The SMILES string of the molecule is Cc1oc(-c2cccs2)nc1CCOc1ccc(CC2SC(=O)NC2=O)cn1. The van der Waals surface area contributed by atoms with Crippen molar-refractivity contribution in [1.29, 1.82) is 0 Å². The molecule has 3 aromatic heterocycles. The van der Waals surface area contributed by atoms with Gasteiger partial charge in [0.1, 0.15) is 5.76 Å². The second kappa shape index (κ2) is 8.15. The summed E-state index contributed by atoms with van der Waals surface area (Å²) in [4.78, 5) is 32.7. The molecule has 1 fully saturated rings. The van der Waals surface area contributed by atoms with Crippen LogP contribution in [0.3, 0.4) is 0 Å². The highest BCUT2D eigenvalue weighted by Crippen LogP contribution is 2.26. The van der Waals surface area contributed by atoms with Crippen LogP contribution in [-0.4, -0.2) is 33.0 Å². The van der Waals surface area contributed by atoms with E-state index in [0.29, 0.717) is 31.2 Å². The van der Waals surface area contributed by atoms with Gasteiger partial charge in [-0.05, 0) is 30.4 Å². The maximum Gasteiger partial charge on any atom is 0.286 e. The molecule has 0 bridgehead atoms. The van der Waals surface area contributed by atoms with Crippen LogP contribution in [0.15, 0.2) is 40.3 Å². The number of rotatable bonds is 7. The fraction of sp³-hybridized carbons (Fsp3) is 0.263. The van der Waals surface area contributed by atoms with E-state index in [0.717, 1.165) is 33.7 Å². The molecule has 4 rings (SSSR count). The summed E-state index contributed by atoms with van der Waals surface area (Å²) in [5.74, 6) is 1.68. The first-order valence-corrected chi connectivity index (χ1v) is 10.4. The van der Waals surface area contributed by atoms with Crippen molar-refractivity contribution in [1.82, 2.24) is 15.3 Å². The van der Waals surface area contributed by atoms with Gasteiger partial charge in [0.15, 0.2) is 0 Å². The summed E-state index contributed by atoms with van der Waals surface area (Å²) in [5, 5.41) is 3.58. The number of thioether (sulfide) groups is 1. The third-order valence-corrected chi connectivity index (χ3v) is 6.04. The Hall–Kier alpha value is -2.65. The maximum absolute atomic E-state index is 11.6. The van der Waals surface area contributed by atoms with E-state index in [1.807, 2.05) is 30.5 Å². The normalized spacial score (nSPS) is 16.4. The van der Waals surface area contributed by atoms with Gasteiger partial charge in [0.25, 0.3) is 5.24 Å². The van der Waals surface area contributed by atoms with E-state index in [1.54, 1.807) is 23.6 Å². The predicted molar refractivity (Wildman–Crippen MR) is 107 cm³/mol. The number of hydrogen-bond donors (Lipinski definition) is 1. The number of imide groups is 1. The number of nitrogens with one attached hydrogen (secondary N) is 1. The molecule has 1 saturated heterocycles. The lowest BCUT2D eigenvalue weighted by Gasteiger charge is -2.07. The number of hydrogen-bond acceptors (Lipinski definition) is 8. The molecule has 1 aliphatic heterocycles. The first-order valence-electron chi connectivity index (χ1n) is 8.68. The Morgan fingerprint density at radius 3 is 2.86 bits per heavy atom. The van der Waals surface area contributed by atoms with E-state index in [1.165, 1.54) is 0 Å². The van der Waals surface area contributed by atoms with E-state index >= 15 is 0 Å². The molecule has 2 amide bonds. The van der Waals surface area contributed by atoms with Gasteiger partial charge in [0.05, 0.1) is 22.4 Å². The van der Waals surface area contributed by atoms with Gasteiger partial charge < -0.3 is 9.15 Å². The Morgan fingerprint density at radius 1 is 1.29 bits per heavy atom. The van der Waals surface area contributed by atoms with Crippen LogP contribution in [-0.2, 0) is 17.6 Å². The average molecular weight is 415 g/mol. The van der Waals surface area contributed by atoms with Crippen LogP contribution in [0.1, 0.15) is 17.0 Å². The van der Waals surface area contributed by atoms with Gasteiger partial charge in [-0.2, -0.15) is 0 Å². The second-order valence-electron chi connectivity index (χ2n) is 6.19. The number of carbonyl (C=O) groups is 2. The highest BCUT2D eigenvalue weighted by molar-refractivity contribution is 8.15. The topological polar surface area (TPSA) is 94.3 Å². The summed E-state index contributed by atoms with van der Waals surface area (Å²) < 4.78 is 11.4.